The molecule has 21 heavy (non-hydrogen) atoms. The highest BCUT2D eigenvalue weighted by molar-refractivity contribution is 7.90. The topological polar surface area (TPSA) is 82.2 Å². The van der Waals surface area contributed by atoms with E-state index in [0.717, 1.165) is 11.1 Å². The van der Waals surface area contributed by atoms with Crippen LogP contribution in [-0.4, -0.2) is 18.7 Å². The van der Waals surface area contributed by atoms with Crippen molar-refractivity contribution in [3.63, 3.8) is 0 Å². The van der Waals surface area contributed by atoms with Gasteiger partial charge in [0, 0.05) is 24.5 Å². The van der Waals surface area contributed by atoms with E-state index in [1.54, 1.807) is 6.07 Å². The Morgan fingerprint density at radius 2 is 1.86 bits per heavy atom. The second kappa shape index (κ2) is 6.13. The van der Waals surface area contributed by atoms with Crippen LogP contribution in [0.25, 0.3) is 0 Å². The average Bonchev–Trinajstić information content (AvgIpc) is 2.42. The van der Waals surface area contributed by atoms with Gasteiger partial charge in [0.05, 0.1) is 11.5 Å². The third-order valence-corrected chi connectivity index (χ3v) is 4.84. The van der Waals surface area contributed by atoms with Crippen molar-refractivity contribution in [2.45, 2.75) is 19.2 Å². The van der Waals surface area contributed by atoms with E-state index in [1.807, 2.05) is 25.1 Å². The number of pyridine rings is 1. The number of benzene rings is 1. The van der Waals surface area contributed by atoms with Crippen LogP contribution in [0.15, 0.2) is 47.4 Å². The molecule has 0 atom stereocenters. The largest absolute Gasteiger partial charge is 0.398 e. The number of nitrogens with zero attached hydrogens (tertiary/aromatic N) is 1. The van der Waals surface area contributed by atoms with E-state index in [2.05, 4.69) is 0 Å². The molecule has 1 aromatic carbocycles. The van der Waals surface area contributed by atoms with Crippen molar-refractivity contribution in [1.29, 1.82) is 0 Å². The molecule has 5 nitrogen and oxygen atoms in total. The zero-order valence-electron chi connectivity index (χ0n) is 11.8. The standard InChI is InChI=1S/C15H18N2O3S/c1-12-4-2-3-5-13(12)11-21(19,20)9-8-17-10-14(16)6-7-15(17)18/h2-7,10H,8-9,11,16H2,1H3. The first-order chi connectivity index (χ1) is 9.87. The molecule has 0 aliphatic carbocycles. The van der Waals surface area contributed by atoms with Gasteiger partial charge in [-0.2, -0.15) is 0 Å². The smallest absolute Gasteiger partial charge is 0.250 e. The number of aromatic nitrogens is 1. The fourth-order valence-electron chi connectivity index (χ4n) is 2.04. The summed E-state index contributed by atoms with van der Waals surface area (Å²) in [6, 6.07) is 10.2. The quantitative estimate of drug-likeness (QED) is 0.904. The van der Waals surface area contributed by atoms with E-state index in [9.17, 15) is 13.2 Å². The molecular formula is C15H18N2O3S. The Balaban J connectivity index is 2.10. The molecule has 0 aliphatic rings. The summed E-state index contributed by atoms with van der Waals surface area (Å²) < 4.78 is 25.7. The van der Waals surface area contributed by atoms with E-state index in [-0.39, 0.29) is 23.6 Å². The lowest BCUT2D eigenvalue weighted by Gasteiger charge is -2.09. The third-order valence-electron chi connectivity index (χ3n) is 3.29. The summed E-state index contributed by atoms with van der Waals surface area (Å²) >= 11 is 0. The molecule has 0 aliphatic heterocycles. The predicted octanol–water partition coefficient (Wildman–Crippen LogP) is 1.35. The minimum absolute atomic E-state index is 0.0171. The first kappa shape index (κ1) is 15.3. The van der Waals surface area contributed by atoms with Crippen molar-refractivity contribution in [2.75, 3.05) is 11.5 Å². The Morgan fingerprint density at radius 1 is 1.14 bits per heavy atom. The SMILES string of the molecule is Cc1ccccc1CS(=O)(=O)CCn1cc(N)ccc1=O. The fourth-order valence-corrected chi connectivity index (χ4v) is 3.46. The summed E-state index contributed by atoms with van der Waals surface area (Å²) in [5.41, 5.74) is 7.52. The van der Waals surface area contributed by atoms with Gasteiger partial charge in [0.15, 0.2) is 9.84 Å². The van der Waals surface area contributed by atoms with E-state index < -0.39 is 9.84 Å². The number of hydrogen-bond acceptors (Lipinski definition) is 4. The molecule has 0 spiro atoms. The Labute approximate surface area is 124 Å². The Hall–Kier alpha value is -2.08. The average molecular weight is 306 g/mol. The summed E-state index contributed by atoms with van der Waals surface area (Å²) in [6.07, 6.45) is 1.46. The Kier molecular flexibility index (Phi) is 4.47. The lowest BCUT2D eigenvalue weighted by Crippen LogP contribution is -2.24. The number of nitrogens with two attached hydrogens (primary N) is 1. The van der Waals surface area contributed by atoms with Gasteiger partial charge in [-0.25, -0.2) is 8.42 Å². The summed E-state index contributed by atoms with van der Waals surface area (Å²) in [5.74, 6) is -0.110. The van der Waals surface area contributed by atoms with Gasteiger partial charge in [-0.15, -0.1) is 0 Å². The van der Waals surface area contributed by atoms with Crippen molar-refractivity contribution in [3.8, 4) is 0 Å². The minimum atomic E-state index is -3.29. The van der Waals surface area contributed by atoms with Gasteiger partial charge in [-0.1, -0.05) is 24.3 Å². The normalized spacial score (nSPS) is 11.5. The molecule has 0 saturated heterocycles. The van der Waals surface area contributed by atoms with Crippen LogP contribution >= 0.6 is 0 Å². The van der Waals surface area contributed by atoms with Crippen LogP contribution in [-0.2, 0) is 22.1 Å². The van der Waals surface area contributed by atoms with Gasteiger partial charge >= 0.3 is 0 Å². The maximum atomic E-state index is 12.2. The number of nitrogen functional groups attached to an aromatic ring is 1. The van der Waals surface area contributed by atoms with Crippen molar-refractivity contribution in [3.05, 3.63) is 64.1 Å². The van der Waals surface area contributed by atoms with E-state index in [1.165, 1.54) is 22.9 Å². The van der Waals surface area contributed by atoms with Gasteiger partial charge in [0.2, 0.25) is 0 Å². The maximum absolute atomic E-state index is 12.2. The molecule has 2 rings (SSSR count). The molecule has 0 amide bonds. The molecule has 1 heterocycles. The minimum Gasteiger partial charge on any atom is -0.398 e. The number of rotatable bonds is 5. The molecule has 6 heteroatoms. The molecule has 0 unspecified atom stereocenters. The summed E-state index contributed by atoms with van der Waals surface area (Å²) in [5, 5.41) is 0. The van der Waals surface area contributed by atoms with Gasteiger partial charge in [-0.05, 0) is 24.1 Å². The van der Waals surface area contributed by atoms with Crippen LogP contribution in [0.1, 0.15) is 11.1 Å². The number of aryl methyl sites for hydroxylation is 2. The van der Waals surface area contributed by atoms with Gasteiger partial charge in [0.25, 0.3) is 5.56 Å². The molecule has 112 valence electrons. The van der Waals surface area contributed by atoms with E-state index in [4.69, 9.17) is 5.73 Å². The molecule has 2 N–H and O–H groups in total. The van der Waals surface area contributed by atoms with Gasteiger partial charge in [-0.3, -0.25) is 4.79 Å². The van der Waals surface area contributed by atoms with Gasteiger partial charge < -0.3 is 10.3 Å². The highest BCUT2D eigenvalue weighted by atomic mass is 32.2. The Bertz CT molecular complexity index is 795. The van der Waals surface area contributed by atoms with E-state index >= 15 is 0 Å². The highest BCUT2D eigenvalue weighted by Crippen LogP contribution is 2.12. The van der Waals surface area contributed by atoms with Crippen LogP contribution in [0.3, 0.4) is 0 Å². The second-order valence-electron chi connectivity index (χ2n) is 5.01. The lowest BCUT2D eigenvalue weighted by molar-refractivity contribution is 0.586. The third kappa shape index (κ3) is 4.19. The lowest BCUT2D eigenvalue weighted by atomic mass is 10.1. The predicted molar refractivity (Wildman–Crippen MR) is 83.8 cm³/mol. The molecule has 0 fully saturated rings. The second-order valence-corrected chi connectivity index (χ2v) is 7.20. The zero-order chi connectivity index (χ0) is 15.5. The number of hydrogen-bond donors (Lipinski definition) is 1. The summed E-state index contributed by atoms with van der Waals surface area (Å²) in [4.78, 5) is 11.6. The van der Waals surface area contributed by atoms with Crippen LogP contribution < -0.4 is 11.3 Å². The van der Waals surface area contributed by atoms with Crippen molar-refractivity contribution in [2.24, 2.45) is 0 Å². The molecule has 0 saturated carbocycles. The van der Waals surface area contributed by atoms with Crippen molar-refractivity contribution in [1.82, 2.24) is 4.57 Å². The molecule has 1 aromatic heterocycles. The summed E-state index contributed by atoms with van der Waals surface area (Å²) in [6.45, 7) is 1.99. The highest BCUT2D eigenvalue weighted by Gasteiger charge is 2.14. The van der Waals surface area contributed by atoms with Crippen LogP contribution in [0.2, 0.25) is 0 Å². The Morgan fingerprint density at radius 3 is 2.57 bits per heavy atom. The van der Waals surface area contributed by atoms with Crippen molar-refractivity contribution >= 4 is 15.5 Å². The first-order valence-corrected chi connectivity index (χ1v) is 8.40. The monoisotopic (exact) mass is 306 g/mol. The van der Waals surface area contributed by atoms with Crippen LogP contribution in [0, 0.1) is 6.92 Å². The number of anilines is 1. The molecular weight excluding hydrogens is 288 g/mol. The molecule has 2 aromatic rings. The van der Waals surface area contributed by atoms with E-state index in [0.29, 0.717) is 5.69 Å². The number of sulfone groups is 1. The molecule has 0 bridgehead atoms. The zero-order valence-corrected chi connectivity index (χ0v) is 12.6. The first-order valence-electron chi connectivity index (χ1n) is 6.58. The van der Waals surface area contributed by atoms with Crippen LogP contribution in [0.5, 0.6) is 0 Å². The molecule has 0 radical (unpaired) electrons. The summed E-state index contributed by atoms with van der Waals surface area (Å²) in [7, 11) is -3.29. The maximum Gasteiger partial charge on any atom is 0.250 e. The van der Waals surface area contributed by atoms with Crippen molar-refractivity contribution < 1.29 is 8.42 Å². The van der Waals surface area contributed by atoms with Gasteiger partial charge in [0.1, 0.15) is 0 Å². The van der Waals surface area contributed by atoms with Crippen LogP contribution in [0.4, 0.5) is 5.69 Å². The fraction of sp³-hybridized carbons (Fsp3) is 0.267.